The number of aromatic nitrogens is 4. The summed E-state index contributed by atoms with van der Waals surface area (Å²) in [6, 6.07) is 18.8. The van der Waals surface area contributed by atoms with Crippen LogP contribution in [0.15, 0.2) is 60.7 Å². The summed E-state index contributed by atoms with van der Waals surface area (Å²) in [7, 11) is 0. The van der Waals surface area contributed by atoms with Crippen LogP contribution >= 0.6 is 0 Å². The second-order valence-corrected chi connectivity index (χ2v) is 7.68. The molecular formula is C25H25N5O2. The molecule has 162 valence electrons. The Balaban J connectivity index is 1.45. The van der Waals surface area contributed by atoms with Crippen molar-refractivity contribution in [2.75, 3.05) is 5.32 Å². The number of ether oxygens (including phenoxy) is 1. The number of benzene rings is 2. The second kappa shape index (κ2) is 9.01. The maximum Gasteiger partial charge on any atom is 0.251 e. The number of nitrogens with zero attached hydrogens (tertiary/aromatic N) is 4. The molecule has 4 rings (SSSR count). The lowest BCUT2D eigenvalue weighted by Gasteiger charge is -2.09. The Morgan fingerprint density at radius 2 is 1.53 bits per heavy atom. The summed E-state index contributed by atoms with van der Waals surface area (Å²) in [5, 5.41) is 7.51. The zero-order chi connectivity index (χ0) is 22.7. The van der Waals surface area contributed by atoms with Crippen LogP contribution in [0.3, 0.4) is 0 Å². The zero-order valence-electron chi connectivity index (χ0n) is 18.6. The molecule has 32 heavy (non-hydrogen) atoms. The number of hydrogen-bond acceptors (Lipinski definition) is 5. The van der Waals surface area contributed by atoms with Crippen LogP contribution in [-0.2, 0) is 11.2 Å². The van der Waals surface area contributed by atoms with E-state index in [0.717, 1.165) is 34.1 Å². The van der Waals surface area contributed by atoms with Crippen molar-refractivity contribution in [3.63, 3.8) is 0 Å². The van der Waals surface area contributed by atoms with Gasteiger partial charge in [0.1, 0.15) is 11.5 Å². The topological polar surface area (TPSA) is 81.9 Å². The predicted octanol–water partition coefficient (Wildman–Crippen LogP) is 4.87. The third-order valence-electron chi connectivity index (χ3n) is 5.06. The Morgan fingerprint density at radius 1 is 0.906 bits per heavy atom. The highest BCUT2D eigenvalue weighted by Crippen LogP contribution is 2.23. The van der Waals surface area contributed by atoms with Crippen molar-refractivity contribution in [2.24, 2.45) is 0 Å². The minimum absolute atomic E-state index is 0.117. The van der Waals surface area contributed by atoms with Crippen molar-refractivity contribution in [1.29, 1.82) is 0 Å². The summed E-state index contributed by atoms with van der Waals surface area (Å²) in [5.74, 6) is 1.87. The smallest absolute Gasteiger partial charge is 0.251 e. The molecule has 2 aromatic carbocycles. The van der Waals surface area contributed by atoms with E-state index in [4.69, 9.17) is 4.74 Å². The molecule has 0 bridgehead atoms. The van der Waals surface area contributed by atoms with E-state index in [9.17, 15) is 4.79 Å². The Hall–Kier alpha value is -4.00. The van der Waals surface area contributed by atoms with Gasteiger partial charge in [0.15, 0.2) is 0 Å². The van der Waals surface area contributed by atoms with Gasteiger partial charge in [-0.1, -0.05) is 18.2 Å². The Bertz CT molecular complexity index is 1230. The van der Waals surface area contributed by atoms with Gasteiger partial charge in [0.05, 0.1) is 12.1 Å². The van der Waals surface area contributed by atoms with E-state index >= 15 is 0 Å². The summed E-state index contributed by atoms with van der Waals surface area (Å²) >= 11 is 0. The molecule has 0 spiro atoms. The Morgan fingerprint density at radius 3 is 2.19 bits per heavy atom. The number of carbonyl (C=O) groups is 1. The maximum absolute atomic E-state index is 12.7. The monoisotopic (exact) mass is 427 g/mol. The molecule has 4 aromatic rings. The largest absolute Gasteiger partial charge is 0.457 e. The summed E-state index contributed by atoms with van der Waals surface area (Å²) in [5.41, 5.74) is 4.96. The summed E-state index contributed by atoms with van der Waals surface area (Å²) < 4.78 is 7.49. The van der Waals surface area contributed by atoms with Gasteiger partial charge in [-0.25, -0.2) is 14.6 Å². The standard InChI is InChI=1S/C25H25N5O2/c1-16-14-17(2)27-25(26-16)30-19(4)23(18(3)29-30)15-24(31)28-20-10-12-22(13-11-20)32-21-8-6-5-7-9-21/h5-14H,15H2,1-4H3,(H,28,31). The minimum Gasteiger partial charge on any atom is -0.457 e. The lowest BCUT2D eigenvalue weighted by Crippen LogP contribution is -2.15. The first kappa shape index (κ1) is 21.2. The number of amides is 1. The van der Waals surface area contributed by atoms with Gasteiger partial charge in [-0.15, -0.1) is 0 Å². The van der Waals surface area contributed by atoms with Crippen LogP contribution in [0.4, 0.5) is 5.69 Å². The van der Waals surface area contributed by atoms with Crippen molar-refractivity contribution in [3.05, 3.63) is 89.0 Å². The molecule has 0 aliphatic heterocycles. The molecule has 0 fully saturated rings. The summed E-state index contributed by atoms with van der Waals surface area (Å²) in [6.45, 7) is 7.67. The highest BCUT2D eigenvalue weighted by Gasteiger charge is 2.18. The summed E-state index contributed by atoms with van der Waals surface area (Å²) in [4.78, 5) is 21.7. The maximum atomic E-state index is 12.7. The number of carbonyl (C=O) groups excluding carboxylic acids is 1. The van der Waals surface area contributed by atoms with Gasteiger partial charge in [-0.3, -0.25) is 4.79 Å². The molecule has 1 amide bonds. The molecule has 1 N–H and O–H groups in total. The van der Waals surface area contributed by atoms with Crippen LogP contribution in [0.1, 0.15) is 28.3 Å². The van der Waals surface area contributed by atoms with E-state index in [2.05, 4.69) is 20.4 Å². The predicted molar refractivity (Wildman–Crippen MR) is 123 cm³/mol. The van der Waals surface area contributed by atoms with Gasteiger partial charge in [-0.2, -0.15) is 5.10 Å². The van der Waals surface area contributed by atoms with E-state index in [1.807, 2.05) is 88.4 Å². The number of anilines is 1. The lowest BCUT2D eigenvalue weighted by molar-refractivity contribution is -0.115. The van der Waals surface area contributed by atoms with Crippen molar-refractivity contribution in [1.82, 2.24) is 19.7 Å². The molecule has 0 unspecified atom stereocenters. The van der Waals surface area contributed by atoms with Gasteiger partial charge in [0.2, 0.25) is 5.91 Å². The highest BCUT2D eigenvalue weighted by molar-refractivity contribution is 5.92. The SMILES string of the molecule is Cc1cc(C)nc(-n2nc(C)c(CC(=O)Nc3ccc(Oc4ccccc4)cc3)c2C)n1. The average Bonchev–Trinajstić information content (AvgIpc) is 3.03. The zero-order valence-corrected chi connectivity index (χ0v) is 18.6. The van der Waals surface area contributed by atoms with E-state index in [0.29, 0.717) is 17.4 Å². The first-order chi connectivity index (χ1) is 15.4. The number of nitrogens with one attached hydrogen (secondary N) is 1. The molecule has 0 saturated carbocycles. The molecular weight excluding hydrogens is 402 g/mol. The van der Waals surface area contributed by atoms with Gasteiger partial charge >= 0.3 is 0 Å². The number of para-hydroxylation sites is 1. The highest BCUT2D eigenvalue weighted by atomic mass is 16.5. The van der Waals surface area contributed by atoms with Crippen LogP contribution in [0.2, 0.25) is 0 Å². The van der Waals surface area contributed by atoms with Gasteiger partial charge in [0.25, 0.3) is 5.95 Å². The van der Waals surface area contributed by atoms with Crippen molar-refractivity contribution < 1.29 is 9.53 Å². The van der Waals surface area contributed by atoms with Crippen LogP contribution in [0, 0.1) is 27.7 Å². The molecule has 0 aliphatic rings. The molecule has 0 radical (unpaired) electrons. The second-order valence-electron chi connectivity index (χ2n) is 7.68. The first-order valence-corrected chi connectivity index (χ1v) is 10.4. The van der Waals surface area contributed by atoms with Gasteiger partial charge < -0.3 is 10.1 Å². The van der Waals surface area contributed by atoms with Crippen LogP contribution < -0.4 is 10.1 Å². The molecule has 7 nitrogen and oxygen atoms in total. The minimum atomic E-state index is -0.117. The first-order valence-electron chi connectivity index (χ1n) is 10.4. The Kier molecular flexibility index (Phi) is 5.98. The molecule has 7 heteroatoms. The fraction of sp³-hybridized carbons (Fsp3) is 0.200. The number of hydrogen-bond donors (Lipinski definition) is 1. The third kappa shape index (κ3) is 4.83. The van der Waals surface area contributed by atoms with E-state index in [1.165, 1.54) is 0 Å². The van der Waals surface area contributed by atoms with Gasteiger partial charge in [-0.05, 0) is 70.2 Å². The fourth-order valence-corrected chi connectivity index (χ4v) is 3.52. The average molecular weight is 428 g/mol. The molecule has 2 aromatic heterocycles. The van der Waals surface area contributed by atoms with Crippen molar-refractivity contribution in [3.8, 4) is 17.4 Å². The van der Waals surface area contributed by atoms with Crippen molar-refractivity contribution in [2.45, 2.75) is 34.1 Å². The van der Waals surface area contributed by atoms with E-state index in [-0.39, 0.29) is 12.3 Å². The van der Waals surface area contributed by atoms with Gasteiger partial charge in [0, 0.05) is 28.3 Å². The van der Waals surface area contributed by atoms with Crippen molar-refractivity contribution >= 4 is 11.6 Å². The van der Waals surface area contributed by atoms with Crippen LogP contribution in [-0.4, -0.2) is 25.7 Å². The number of rotatable bonds is 6. The Labute approximate surface area is 187 Å². The van der Waals surface area contributed by atoms with Crippen LogP contribution in [0.25, 0.3) is 5.95 Å². The van der Waals surface area contributed by atoms with E-state index in [1.54, 1.807) is 4.68 Å². The number of aryl methyl sites for hydroxylation is 3. The quantitative estimate of drug-likeness (QED) is 0.475. The molecule has 0 atom stereocenters. The molecule has 0 saturated heterocycles. The molecule has 0 aliphatic carbocycles. The molecule has 2 heterocycles. The summed E-state index contributed by atoms with van der Waals surface area (Å²) in [6.07, 6.45) is 0.213. The van der Waals surface area contributed by atoms with Crippen LogP contribution in [0.5, 0.6) is 11.5 Å². The normalized spacial score (nSPS) is 10.8. The fourth-order valence-electron chi connectivity index (χ4n) is 3.52. The third-order valence-corrected chi connectivity index (χ3v) is 5.06. The van der Waals surface area contributed by atoms with E-state index < -0.39 is 0 Å². The lowest BCUT2D eigenvalue weighted by atomic mass is 10.1.